The van der Waals surface area contributed by atoms with E-state index in [4.69, 9.17) is 4.74 Å². The SMILES string of the molecule is CN(CC1CCCOC1)C(=O)CC1CNc2ccccc21. The first-order valence-corrected chi connectivity index (χ1v) is 7.88. The van der Waals surface area contributed by atoms with Crippen molar-refractivity contribution in [3.8, 4) is 0 Å². The molecule has 1 aromatic rings. The summed E-state index contributed by atoms with van der Waals surface area (Å²) in [5.41, 5.74) is 2.46. The van der Waals surface area contributed by atoms with Crippen LogP contribution in [0.5, 0.6) is 0 Å². The Morgan fingerprint density at radius 1 is 1.43 bits per heavy atom. The largest absolute Gasteiger partial charge is 0.384 e. The molecule has 4 nitrogen and oxygen atoms in total. The molecule has 1 aromatic carbocycles. The second-order valence-corrected chi connectivity index (χ2v) is 6.23. The summed E-state index contributed by atoms with van der Waals surface area (Å²) in [4.78, 5) is 14.3. The normalized spacial score (nSPS) is 24.2. The van der Waals surface area contributed by atoms with E-state index in [2.05, 4.69) is 17.4 Å². The van der Waals surface area contributed by atoms with Crippen LogP contribution in [0.25, 0.3) is 0 Å². The Morgan fingerprint density at radius 2 is 2.29 bits per heavy atom. The summed E-state index contributed by atoms with van der Waals surface area (Å²) < 4.78 is 5.49. The number of para-hydroxylation sites is 1. The van der Waals surface area contributed by atoms with Crippen LogP contribution in [-0.2, 0) is 9.53 Å². The quantitative estimate of drug-likeness (QED) is 0.925. The third-order valence-electron chi connectivity index (χ3n) is 4.57. The monoisotopic (exact) mass is 288 g/mol. The van der Waals surface area contributed by atoms with E-state index in [0.717, 1.165) is 32.7 Å². The maximum absolute atomic E-state index is 12.4. The van der Waals surface area contributed by atoms with Crippen molar-refractivity contribution >= 4 is 11.6 Å². The van der Waals surface area contributed by atoms with Crippen LogP contribution in [-0.4, -0.2) is 44.2 Å². The predicted octanol–water partition coefficient (Wildman–Crippen LogP) is 2.47. The molecule has 0 bridgehead atoms. The minimum absolute atomic E-state index is 0.240. The van der Waals surface area contributed by atoms with Crippen molar-refractivity contribution < 1.29 is 9.53 Å². The molecule has 2 aliphatic heterocycles. The van der Waals surface area contributed by atoms with E-state index >= 15 is 0 Å². The Hall–Kier alpha value is -1.55. The lowest BCUT2D eigenvalue weighted by atomic mass is 9.96. The van der Waals surface area contributed by atoms with Crippen molar-refractivity contribution in [2.75, 3.05) is 38.7 Å². The van der Waals surface area contributed by atoms with Gasteiger partial charge in [-0.05, 0) is 30.4 Å². The van der Waals surface area contributed by atoms with Gasteiger partial charge in [-0.1, -0.05) is 18.2 Å². The van der Waals surface area contributed by atoms with Gasteiger partial charge in [0.05, 0.1) is 6.61 Å². The first-order valence-electron chi connectivity index (χ1n) is 7.88. The molecular weight excluding hydrogens is 264 g/mol. The first-order chi connectivity index (χ1) is 10.2. The highest BCUT2D eigenvalue weighted by Gasteiger charge is 2.26. The van der Waals surface area contributed by atoms with Gasteiger partial charge >= 0.3 is 0 Å². The van der Waals surface area contributed by atoms with Crippen LogP contribution in [0.2, 0.25) is 0 Å². The molecule has 3 rings (SSSR count). The Labute approximate surface area is 126 Å². The van der Waals surface area contributed by atoms with Crippen LogP contribution in [0.1, 0.15) is 30.7 Å². The molecule has 2 unspecified atom stereocenters. The Kier molecular flexibility index (Phi) is 4.44. The number of benzene rings is 1. The summed E-state index contributed by atoms with van der Waals surface area (Å²) in [7, 11) is 1.92. The van der Waals surface area contributed by atoms with Gasteiger partial charge in [0.15, 0.2) is 0 Å². The van der Waals surface area contributed by atoms with Gasteiger partial charge in [-0.2, -0.15) is 0 Å². The number of ether oxygens (including phenoxy) is 1. The molecule has 2 atom stereocenters. The van der Waals surface area contributed by atoms with Gasteiger partial charge in [0.25, 0.3) is 0 Å². The first kappa shape index (κ1) is 14.4. The fourth-order valence-corrected chi connectivity index (χ4v) is 3.35. The van der Waals surface area contributed by atoms with Crippen LogP contribution >= 0.6 is 0 Å². The Morgan fingerprint density at radius 3 is 3.10 bits per heavy atom. The number of hydrogen-bond acceptors (Lipinski definition) is 3. The minimum atomic E-state index is 0.240. The molecular formula is C17H24N2O2. The van der Waals surface area contributed by atoms with Gasteiger partial charge in [0, 0.05) is 44.8 Å². The highest BCUT2D eigenvalue weighted by molar-refractivity contribution is 5.78. The maximum atomic E-state index is 12.4. The van der Waals surface area contributed by atoms with E-state index in [0.29, 0.717) is 18.3 Å². The van der Waals surface area contributed by atoms with Crippen LogP contribution in [0, 0.1) is 5.92 Å². The average Bonchev–Trinajstić information content (AvgIpc) is 2.91. The zero-order valence-corrected chi connectivity index (χ0v) is 12.7. The van der Waals surface area contributed by atoms with Gasteiger partial charge in [0.2, 0.25) is 5.91 Å². The number of nitrogens with one attached hydrogen (secondary N) is 1. The van der Waals surface area contributed by atoms with Crippen molar-refractivity contribution in [3.63, 3.8) is 0 Å². The summed E-state index contributed by atoms with van der Waals surface area (Å²) >= 11 is 0. The van der Waals surface area contributed by atoms with Crippen molar-refractivity contribution in [1.29, 1.82) is 0 Å². The van der Waals surface area contributed by atoms with Gasteiger partial charge in [0.1, 0.15) is 0 Å². The number of carbonyl (C=O) groups is 1. The second-order valence-electron chi connectivity index (χ2n) is 6.23. The van der Waals surface area contributed by atoms with Crippen molar-refractivity contribution in [2.24, 2.45) is 5.92 Å². The molecule has 4 heteroatoms. The molecule has 1 N–H and O–H groups in total. The predicted molar refractivity (Wildman–Crippen MR) is 83.5 cm³/mol. The summed E-state index contributed by atoms with van der Waals surface area (Å²) in [6.45, 7) is 3.36. The number of carbonyl (C=O) groups excluding carboxylic acids is 1. The molecule has 0 spiro atoms. The fraction of sp³-hybridized carbons (Fsp3) is 0.588. The molecule has 21 heavy (non-hydrogen) atoms. The Bertz CT molecular complexity index is 497. The molecule has 1 fully saturated rings. The molecule has 0 aromatic heterocycles. The van der Waals surface area contributed by atoms with Gasteiger partial charge in [-0.15, -0.1) is 0 Å². The molecule has 1 saturated heterocycles. The highest BCUT2D eigenvalue weighted by atomic mass is 16.5. The van der Waals surface area contributed by atoms with E-state index < -0.39 is 0 Å². The van der Waals surface area contributed by atoms with Gasteiger partial charge in [-0.3, -0.25) is 4.79 Å². The molecule has 114 valence electrons. The average molecular weight is 288 g/mol. The minimum Gasteiger partial charge on any atom is -0.384 e. The summed E-state index contributed by atoms with van der Waals surface area (Å²) in [6.07, 6.45) is 2.88. The van der Waals surface area contributed by atoms with E-state index in [-0.39, 0.29) is 5.91 Å². The lowest BCUT2D eigenvalue weighted by Crippen LogP contribution is -2.35. The number of fused-ring (bicyclic) bond motifs is 1. The second kappa shape index (κ2) is 6.48. The number of hydrogen-bond donors (Lipinski definition) is 1. The number of rotatable bonds is 4. The third kappa shape index (κ3) is 3.38. The summed E-state index contributed by atoms with van der Waals surface area (Å²) in [5.74, 6) is 1.05. The van der Waals surface area contributed by atoms with E-state index in [9.17, 15) is 4.79 Å². The summed E-state index contributed by atoms with van der Waals surface area (Å²) in [6, 6.07) is 8.29. The maximum Gasteiger partial charge on any atom is 0.223 e. The lowest BCUT2D eigenvalue weighted by Gasteiger charge is -2.27. The van der Waals surface area contributed by atoms with E-state index in [1.54, 1.807) is 0 Å². The highest BCUT2D eigenvalue weighted by Crippen LogP contribution is 2.33. The van der Waals surface area contributed by atoms with Gasteiger partial charge < -0.3 is 15.0 Å². The topological polar surface area (TPSA) is 41.6 Å². The third-order valence-corrected chi connectivity index (χ3v) is 4.57. The van der Waals surface area contributed by atoms with Gasteiger partial charge in [-0.25, -0.2) is 0 Å². The van der Waals surface area contributed by atoms with E-state index in [1.165, 1.54) is 17.7 Å². The molecule has 0 aliphatic carbocycles. The van der Waals surface area contributed by atoms with Crippen molar-refractivity contribution in [2.45, 2.75) is 25.2 Å². The zero-order valence-electron chi connectivity index (χ0n) is 12.7. The smallest absolute Gasteiger partial charge is 0.223 e. The van der Waals surface area contributed by atoms with Crippen molar-refractivity contribution in [3.05, 3.63) is 29.8 Å². The lowest BCUT2D eigenvalue weighted by molar-refractivity contribution is -0.131. The zero-order chi connectivity index (χ0) is 14.7. The van der Waals surface area contributed by atoms with Crippen LogP contribution in [0.4, 0.5) is 5.69 Å². The van der Waals surface area contributed by atoms with Crippen LogP contribution < -0.4 is 5.32 Å². The fourth-order valence-electron chi connectivity index (χ4n) is 3.35. The van der Waals surface area contributed by atoms with Crippen LogP contribution in [0.15, 0.2) is 24.3 Å². The number of amides is 1. The number of nitrogens with zero attached hydrogens (tertiary/aromatic N) is 1. The molecule has 2 aliphatic rings. The van der Waals surface area contributed by atoms with E-state index in [1.807, 2.05) is 24.1 Å². The molecule has 1 amide bonds. The molecule has 0 radical (unpaired) electrons. The molecule has 2 heterocycles. The molecule has 0 saturated carbocycles. The standard InChI is InChI=1S/C17H24N2O2/c1-19(11-13-5-4-8-21-12-13)17(20)9-14-10-18-16-7-3-2-6-15(14)16/h2-3,6-7,13-14,18H,4-5,8-12H2,1H3. The summed E-state index contributed by atoms with van der Waals surface area (Å²) in [5, 5.41) is 3.39. The number of anilines is 1. The van der Waals surface area contributed by atoms with Crippen LogP contribution in [0.3, 0.4) is 0 Å². The van der Waals surface area contributed by atoms with Crippen molar-refractivity contribution in [1.82, 2.24) is 4.90 Å². The Balaban J connectivity index is 1.54.